The highest BCUT2D eigenvalue weighted by atomic mass is 31.3. The maximum absolute atomic E-state index is 11.7. The van der Waals surface area contributed by atoms with Crippen molar-refractivity contribution < 1.29 is 61.4 Å². The van der Waals surface area contributed by atoms with Gasteiger partial charge in [0.25, 0.3) is 0 Å². The number of pyridine rings is 1. The summed E-state index contributed by atoms with van der Waals surface area (Å²) in [7, 11) is -16.6. The second-order valence-electron chi connectivity index (χ2n) is 5.45. The summed E-state index contributed by atoms with van der Waals surface area (Å²) in [4.78, 5) is 48.7. The van der Waals surface area contributed by atoms with Gasteiger partial charge in [0.05, 0.1) is 6.61 Å². The van der Waals surface area contributed by atoms with Crippen molar-refractivity contribution in [1.82, 2.24) is 4.98 Å². The van der Waals surface area contributed by atoms with E-state index >= 15 is 0 Å². The predicted molar refractivity (Wildman–Crippen MR) is 86.5 cm³/mol. The van der Waals surface area contributed by atoms with Gasteiger partial charge in [0.2, 0.25) is 5.56 Å². The lowest BCUT2D eigenvalue weighted by atomic mass is 10.0. The zero-order chi connectivity index (χ0) is 21.3. The zero-order valence-corrected chi connectivity index (χ0v) is 16.2. The van der Waals surface area contributed by atoms with Crippen LogP contribution < -0.4 is 5.56 Å². The van der Waals surface area contributed by atoms with Gasteiger partial charge in [-0.15, -0.1) is 0 Å². The molecule has 0 aromatic carbocycles. The monoisotopic (exact) mass is 467 g/mol. The highest BCUT2D eigenvalue weighted by molar-refractivity contribution is 7.66. The highest BCUT2D eigenvalue weighted by Gasteiger charge is 2.46. The molecule has 0 aliphatic carbocycles. The Balaban J connectivity index is 2.00. The molecular weight excluding hydrogens is 451 g/mol. The number of H-pyrrole nitrogens is 1. The van der Waals surface area contributed by atoms with E-state index < -0.39 is 60.1 Å². The van der Waals surface area contributed by atoms with Gasteiger partial charge in [-0.2, -0.15) is 8.62 Å². The minimum atomic E-state index is -5.68. The molecule has 1 aromatic rings. The lowest BCUT2D eigenvalue weighted by Gasteiger charge is -2.19. The molecule has 1 aromatic heterocycles. The van der Waals surface area contributed by atoms with Crippen LogP contribution in [0, 0.1) is 0 Å². The third-order valence-corrected chi connectivity index (χ3v) is 7.12. The number of phosphoric ester groups is 1. The summed E-state index contributed by atoms with van der Waals surface area (Å²) in [5.74, 6) is 0. The molecule has 6 atom stereocenters. The molecule has 2 heterocycles. The van der Waals surface area contributed by atoms with E-state index in [9.17, 15) is 33.6 Å². The number of ether oxygens (including phenoxy) is 1. The molecule has 28 heavy (non-hydrogen) atoms. The van der Waals surface area contributed by atoms with Gasteiger partial charge in [0.15, 0.2) is 0 Å². The number of aromatic amines is 1. The lowest BCUT2D eigenvalue weighted by molar-refractivity contribution is -0.0223. The minimum absolute atomic E-state index is 0.270. The Hall–Kier alpha value is -0.760. The summed E-state index contributed by atoms with van der Waals surface area (Å²) in [6, 6.07) is 2.45. The fraction of sp³-hybridized carbons (Fsp3) is 0.500. The first-order chi connectivity index (χ1) is 12.7. The van der Waals surface area contributed by atoms with E-state index in [0.717, 1.165) is 6.07 Å². The van der Waals surface area contributed by atoms with Crippen LogP contribution in [0.2, 0.25) is 0 Å². The van der Waals surface area contributed by atoms with Crippen LogP contribution in [0.1, 0.15) is 11.7 Å². The molecule has 0 bridgehead atoms. The second-order valence-corrected chi connectivity index (χ2v) is 9.87. The van der Waals surface area contributed by atoms with Gasteiger partial charge in [-0.05, 0) is 11.6 Å². The van der Waals surface area contributed by atoms with Crippen LogP contribution in [0.5, 0.6) is 0 Å². The second kappa shape index (κ2) is 8.54. The summed E-state index contributed by atoms with van der Waals surface area (Å²) in [5.41, 5.74) is -0.159. The van der Waals surface area contributed by atoms with Crippen LogP contribution in [-0.4, -0.2) is 59.7 Å². The molecule has 1 saturated heterocycles. The molecule has 0 saturated carbocycles. The van der Waals surface area contributed by atoms with Gasteiger partial charge < -0.3 is 39.5 Å². The fourth-order valence-electron chi connectivity index (χ4n) is 2.23. The van der Waals surface area contributed by atoms with Crippen LogP contribution >= 0.6 is 23.5 Å². The minimum Gasteiger partial charge on any atom is -0.387 e. The molecule has 1 fully saturated rings. The van der Waals surface area contributed by atoms with Crippen molar-refractivity contribution in [3.05, 3.63) is 34.2 Å². The van der Waals surface area contributed by atoms with Gasteiger partial charge in [-0.25, -0.2) is 13.7 Å². The molecule has 3 unspecified atom stereocenters. The van der Waals surface area contributed by atoms with E-state index in [1.165, 1.54) is 12.3 Å². The van der Waals surface area contributed by atoms with Crippen LogP contribution in [-0.2, 0) is 31.6 Å². The molecule has 18 heteroatoms. The first-order valence-electron chi connectivity index (χ1n) is 7.18. The topological polar surface area (TPSA) is 242 Å². The van der Waals surface area contributed by atoms with E-state index in [1.54, 1.807) is 0 Å². The van der Waals surface area contributed by atoms with E-state index in [-0.39, 0.29) is 5.56 Å². The van der Waals surface area contributed by atoms with Crippen LogP contribution in [0.4, 0.5) is 0 Å². The maximum Gasteiger partial charge on any atom is 0.490 e. The van der Waals surface area contributed by atoms with Crippen LogP contribution in [0.3, 0.4) is 0 Å². The molecule has 0 spiro atoms. The SMILES string of the molecule is O=c1ccc([C@@H]2O[C@H](COP(=O)(O)OP(=O)(O)OP(=O)(O)O)C(O)[C@@H]2O)c[nH]1. The third-order valence-electron chi connectivity index (χ3n) is 3.32. The number of aliphatic hydroxyl groups excluding tert-OH is 2. The van der Waals surface area contributed by atoms with E-state index in [0.29, 0.717) is 0 Å². The number of rotatable bonds is 8. The van der Waals surface area contributed by atoms with Crippen molar-refractivity contribution >= 4 is 23.5 Å². The molecule has 0 radical (unpaired) electrons. The van der Waals surface area contributed by atoms with E-state index in [1.807, 2.05) is 0 Å². The number of hydrogen-bond donors (Lipinski definition) is 7. The predicted octanol–water partition coefficient (Wildman–Crippen LogP) is -1.12. The Kier molecular flexibility index (Phi) is 7.17. The summed E-state index contributed by atoms with van der Waals surface area (Å²) in [5, 5.41) is 20.0. The summed E-state index contributed by atoms with van der Waals surface area (Å²) in [6.07, 6.45) is -4.46. The van der Waals surface area contributed by atoms with E-state index in [4.69, 9.17) is 19.4 Å². The first kappa shape index (κ1) is 23.5. The first-order valence-corrected chi connectivity index (χ1v) is 11.7. The van der Waals surface area contributed by atoms with Crippen molar-refractivity contribution in [2.75, 3.05) is 6.61 Å². The molecule has 1 aliphatic rings. The van der Waals surface area contributed by atoms with Gasteiger partial charge in [0.1, 0.15) is 24.4 Å². The Morgan fingerprint density at radius 2 is 1.64 bits per heavy atom. The maximum atomic E-state index is 11.7. The molecule has 160 valence electrons. The summed E-state index contributed by atoms with van der Waals surface area (Å²) >= 11 is 0. The average Bonchev–Trinajstić information content (AvgIpc) is 2.78. The Bertz CT molecular complexity index is 875. The smallest absolute Gasteiger partial charge is 0.387 e. The zero-order valence-electron chi connectivity index (χ0n) is 13.5. The molecule has 0 amide bonds. The molecule has 15 nitrogen and oxygen atoms in total. The Labute approximate surface area is 155 Å². The molecule has 1 aliphatic heterocycles. The Morgan fingerprint density at radius 3 is 2.18 bits per heavy atom. The van der Waals surface area contributed by atoms with Crippen LogP contribution in [0.25, 0.3) is 0 Å². The quantitative estimate of drug-likeness (QED) is 0.224. The number of nitrogens with one attached hydrogen (secondary N) is 1. The van der Waals surface area contributed by atoms with Gasteiger partial charge in [-0.1, -0.05) is 0 Å². The number of phosphoric acid groups is 3. The molecular formula is C10H16NO14P3. The van der Waals surface area contributed by atoms with Crippen molar-refractivity contribution in [2.24, 2.45) is 0 Å². The summed E-state index contributed by atoms with van der Waals surface area (Å²) < 4.78 is 50.1. The Morgan fingerprint density at radius 1 is 1.00 bits per heavy atom. The number of hydrogen-bond acceptors (Lipinski definition) is 10. The van der Waals surface area contributed by atoms with Crippen molar-refractivity contribution in [3.8, 4) is 0 Å². The standard InChI is InChI=1S/C10H16NO14P3/c12-7-2-1-5(3-11-7)10-9(14)8(13)6(23-10)4-22-27(18,19)25-28(20,21)24-26(15,16)17/h1-3,6,8-10,13-14H,4H2,(H,11,12)(H,18,19)(H,20,21)(H2,15,16,17)/t6-,8?,9+,10+/m1/s1. The van der Waals surface area contributed by atoms with Crippen molar-refractivity contribution in [1.29, 1.82) is 0 Å². The number of aromatic nitrogens is 1. The van der Waals surface area contributed by atoms with Crippen molar-refractivity contribution in [2.45, 2.75) is 24.4 Å². The van der Waals surface area contributed by atoms with E-state index in [2.05, 4.69) is 18.1 Å². The van der Waals surface area contributed by atoms with Gasteiger partial charge >= 0.3 is 23.5 Å². The third kappa shape index (κ3) is 6.65. The average molecular weight is 467 g/mol. The number of aliphatic hydroxyl groups is 2. The van der Waals surface area contributed by atoms with Gasteiger partial charge in [-0.3, -0.25) is 9.32 Å². The highest BCUT2D eigenvalue weighted by Crippen LogP contribution is 2.66. The van der Waals surface area contributed by atoms with Gasteiger partial charge in [0, 0.05) is 12.3 Å². The largest absolute Gasteiger partial charge is 0.490 e. The fourth-order valence-corrected chi connectivity index (χ4v) is 5.26. The summed E-state index contributed by atoms with van der Waals surface area (Å²) in [6.45, 7) is -0.929. The molecule has 2 rings (SSSR count). The van der Waals surface area contributed by atoms with Crippen molar-refractivity contribution in [3.63, 3.8) is 0 Å². The van der Waals surface area contributed by atoms with Crippen LogP contribution in [0.15, 0.2) is 23.1 Å². The normalized spacial score (nSPS) is 29.9. The molecule has 7 N–H and O–H groups in total. The lowest BCUT2D eigenvalue weighted by Crippen LogP contribution is -2.33.